The molecule has 2 rings (SSSR count). The quantitative estimate of drug-likeness (QED) is 0.749. The molecule has 2 heterocycles. The van der Waals surface area contributed by atoms with Crippen LogP contribution in [0.15, 0.2) is 10.6 Å². The van der Waals surface area contributed by atoms with Gasteiger partial charge in [0.05, 0.1) is 18.6 Å². The highest BCUT2D eigenvalue weighted by molar-refractivity contribution is 5.80. The third kappa shape index (κ3) is 1.71. The van der Waals surface area contributed by atoms with Crippen LogP contribution in [-0.4, -0.2) is 22.3 Å². The number of amidine groups is 1. The van der Waals surface area contributed by atoms with Crippen molar-refractivity contribution in [1.29, 1.82) is 5.41 Å². The molecule has 1 N–H and O–H groups in total. The molecule has 4 nitrogen and oxygen atoms in total. The Morgan fingerprint density at radius 1 is 1.69 bits per heavy atom. The summed E-state index contributed by atoms with van der Waals surface area (Å²) in [4.78, 5) is 6.11. The van der Waals surface area contributed by atoms with Gasteiger partial charge in [0.1, 0.15) is 5.76 Å². The van der Waals surface area contributed by atoms with Crippen molar-refractivity contribution in [3.05, 3.63) is 17.8 Å². The summed E-state index contributed by atoms with van der Waals surface area (Å²) in [6.07, 6.45) is 3.69. The van der Waals surface area contributed by atoms with Crippen molar-refractivity contribution < 1.29 is 4.42 Å². The zero-order valence-electron chi connectivity index (χ0n) is 7.71. The molecule has 1 aromatic rings. The van der Waals surface area contributed by atoms with E-state index < -0.39 is 0 Å². The summed E-state index contributed by atoms with van der Waals surface area (Å²) in [5, 5.41) is 7.62. The van der Waals surface area contributed by atoms with E-state index in [4.69, 9.17) is 9.83 Å². The largest absolute Gasteiger partial charge is 0.444 e. The van der Waals surface area contributed by atoms with Gasteiger partial charge in [-0.1, -0.05) is 0 Å². The van der Waals surface area contributed by atoms with Crippen LogP contribution in [0.25, 0.3) is 0 Å². The van der Waals surface area contributed by atoms with Gasteiger partial charge in [0.2, 0.25) is 5.89 Å². The van der Waals surface area contributed by atoms with Crippen LogP contribution in [0.3, 0.4) is 0 Å². The Morgan fingerprint density at radius 2 is 2.54 bits per heavy atom. The Labute approximate surface area is 77.1 Å². The van der Waals surface area contributed by atoms with Gasteiger partial charge in [-0.25, -0.2) is 4.98 Å². The fourth-order valence-corrected chi connectivity index (χ4v) is 1.54. The summed E-state index contributed by atoms with van der Waals surface area (Å²) in [6, 6.07) is 0. The molecule has 0 bridgehead atoms. The number of rotatable bonds is 2. The normalized spacial score (nSPS) is 17.0. The minimum atomic E-state index is 0.646. The van der Waals surface area contributed by atoms with Crippen LogP contribution in [0.4, 0.5) is 0 Å². The van der Waals surface area contributed by atoms with Gasteiger partial charge in [0.15, 0.2) is 0 Å². The summed E-state index contributed by atoms with van der Waals surface area (Å²) < 4.78 is 5.34. The lowest BCUT2D eigenvalue weighted by molar-refractivity contribution is 0.364. The highest BCUT2D eigenvalue weighted by atomic mass is 16.4. The minimum Gasteiger partial charge on any atom is -0.444 e. The number of nitrogens with zero attached hydrogens (tertiary/aromatic N) is 2. The van der Waals surface area contributed by atoms with E-state index >= 15 is 0 Å². The van der Waals surface area contributed by atoms with E-state index in [0.29, 0.717) is 18.3 Å². The zero-order chi connectivity index (χ0) is 9.26. The molecule has 0 aliphatic carbocycles. The van der Waals surface area contributed by atoms with Gasteiger partial charge >= 0.3 is 0 Å². The molecular weight excluding hydrogens is 166 g/mol. The Kier molecular flexibility index (Phi) is 2.04. The average molecular weight is 179 g/mol. The third-order valence-electron chi connectivity index (χ3n) is 2.22. The fraction of sp³-hybridized carbons (Fsp3) is 0.556. The molecular formula is C9H13N3O. The minimum absolute atomic E-state index is 0.646. The summed E-state index contributed by atoms with van der Waals surface area (Å²) >= 11 is 0. The highest BCUT2D eigenvalue weighted by Crippen LogP contribution is 2.14. The van der Waals surface area contributed by atoms with Crippen molar-refractivity contribution in [2.24, 2.45) is 0 Å². The van der Waals surface area contributed by atoms with Gasteiger partial charge in [-0.2, -0.15) is 0 Å². The first kappa shape index (κ1) is 8.29. The van der Waals surface area contributed by atoms with Gasteiger partial charge in [-0.3, -0.25) is 5.41 Å². The SMILES string of the molecule is Cc1cnc(CN2CCCC2=N)o1. The maximum absolute atomic E-state index is 7.62. The summed E-state index contributed by atoms with van der Waals surface area (Å²) in [6.45, 7) is 3.48. The second-order valence-electron chi connectivity index (χ2n) is 3.34. The van der Waals surface area contributed by atoms with Crippen molar-refractivity contribution in [3.63, 3.8) is 0 Å². The Bertz CT molecular complexity index is 318. The van der Waals surface area contributed by atoms with E-state index in [-0.39, 0.29) is 0 Å². The number of aryl methyl sites for hydroxylation is 1. The maximum Gasteiger partial charge on any atom is 0.213 e. The number of oxazole rings is 1. The molecule has 70 valence electrons. The average Bonchev–Trinajstić information content (AvgIpc) is 2.64. The first-order valence-corrected chi connectivity index (χ1v) is 4.49. The molecule has 0 spiro atoms. The standard InChI is InChI=1S/C9H13N3O/c1-7-5-11-9(13-7)6-12-4-2-3-8(12)10/h5,10H,2-4,6H2,1H3. The Balaban J connectivity index is 2.01. The van der Waals surface area contributed by atoms with Crippen LogP contribution in [-0.2, 0) is 6.54 Å². The number of nitrogens with one attached hydrogen (secondary N) is 1. The van der Waals surface area contributed by atoms with Gasteiger partial charge in [0, 0.05) is 13.0 Å². The van der Waals surface area contributed by atoms with Gasteiger partial charge in [-0.15, -0.1) is 0 Å². The fourth-order valence-electron chi connectivity index (χ4n) is 1.54. The number of hydrogen-bond acceptors (Lipinski definition) is 3. The van der Waals surface area contributed by atoms with Gasteiger partial charge in [-0.05, 0) is 13.3 Å². The molecule has 13 heavy (non-hydrogen) atoms. The van der Waals surface area contributed by atoms with Crippen molar-refractivity contribution in [1.82, 2.24) is 9.88 Å². The Morgan fingerprint density at radius 3 is 3.08 bits per heavy atom. The van der Waals surface area contributed by atoms with Gasteiger partial charge in [0.25, 0.3) is 0 Å². The lowest BCUT2D eigenvalue weighted by Gasteiger charge is -2.14. The van der Waals surface area contributed by atoms with Crippen LogP contribution in [0, 0.1) is 12.3 Å². The van der Waals surface area contributed by atoms with E-state index in [0.717, 1.165) is 25.1 Å². The molecule has 4 heteroatoms. The second-order valence-corrected chi connectivity index (χ2v) is 3.34. The second kappa shape index (κ2) is 3.20. The van der Waals surface area contributed by atoms with Gasteiger partial charge < -0.3 is 9.32 Å². The first-order valence-electron chi connectivity index (χ1n) is 4.49. The number of aromatic nitrogens is 1. The zero-order valence-corrected chi connectivity index (χ0v) is 7.71. The topological polar surface area (TPSA) is 53.1 Å². The predicted molar refractivity (Wildman–Crippen MR) is 48.6 cm³/mol. The van der Waals surface area contributed by atoms with Crippen LogP contribution < -0.4 is 0 Å². The van der Waals surface area contributed by atoms with Crippen LogP contribution in [0.2, 0.25) is 0 Å². The molecule has 0 radical (unpaired) electrons. The third-order valence-corrected chi connectivity index (χ3v) is 2.22. The van der Waals surface area contributed by atoms with Crippen LogP contribution >= 0.6 is 0 Å². The monoisotopic (exact) mass is 179 g/mol. The summed E-state index contributed by atoms with van der Waals surface area (Å²) in [5.74, 6) is 2.25. The molecule has 0 unspecified atom stereocenters. The molecule has 0 amide bonds. The molecule has 0 aromatic carbocycles. The lowest BCUT2D eigenvalue weighted by atomic mass is 10.4. The van der Waals surface area contributed by atoms with Crippen molar-refractivity contribution in [3.8, 4) is 0 Å². The first-order chi connectivity index (χ1) is 6.25. The smallest absolute Gasteiger partial charge is 0.213 e. The lowest BCUT2D eigenvalue weighted by Crippen LogP contribution is -2.23. The molecule has 1 aliphatic rings. The number of hydrogen-bond donors (Lipinski definition) is 1. The molecule has 0 atom stereocenters. The van der Waals surface area contributed by atoms with E-state index in [1.165, 1.54) is 0 Å². The van der Waals surface area contributed by atoms with E-state index in [2.05, 4.69) is 4.98 Å². The summed E-state index contributed by atoms with van der Waals surface area (Å²) in [7, 11) is 0. The molecule has 1 aliphatic heterocycles. The highest BCUT2D eigenvalue weighted by Gasteiger charge is 2.18. The van der Waals surface area contributed by atoms with Crippen molar-refractivity contribution in [2.75, 3.05) is 6.54 Å². The molecule has 1 saturated heterocycles. The van der Waals surface area contributed by atoms with Crippen LogP contribution in [0.5, 0.6) is 0 Å². The number of likely N-dealkylation sites (tertiary alicyclic amines) is 1. The maximum atomic E-state index is 7.62. The Hall–Kier alpha value is -1.32. The van der Waals surface area contributed by atoms with Crippen LogP contribution in [0.1, 0.15) is 24.5 Å². The van der Waals surface area contributed by atoms with Crippen molar-refractivity contribution >= 4 is 5.84 Å². The molecule has 1 aromatic heterocycles. The van der Waals surface area contributed by atoms with Crippen molar-refractivity contribution in [2.45, 2.75) is 26.3 Å². The van der Waals surface area contributed by atoms with E-state index in [1.807, 2.05) is 11.8 Å². The molecule has 0 saturated carbocycles. The summed E-state index contributed by atoms with van der Waals surface area (Å²) in [5.41, 5.74) is 0. The predicted octanol–water partition coefficient (Wildman–Crippen LogP) is 1.56. The molecule has 1 fully saturated rings. The van der Waals surface area contributed by atoms with E-state index in [9.17, 15) is 0 Å². The van der Waals surface area contributed by atoms with E-state index in [1.54, 1.807) is 6.20 Å².